The first-order valence-electron chi connectivity index (χ1n) is 6.80. The Morgan fingerprint density at radius 1 is 1.23 bits per heavy atom. The molecular weight excluding hydrogens is 302 g/mol. The average molecular weight is 316 g/mol. The molecule has 0 aliphatic rings. The lowest BCUT2D eigenvalue weighted by molar-refractivity contribution is 0.471. The normalized spacial score (nSPS) is 11.0. The molecule has 1 heterocycles. The summed E-state index contributed by atoms with van der Waals surface area (Å²) in [6.07, 6.45) is 0. The van der Waals surface area contributed by atoms with Crippen LogP contribution in [0.3, 0.4) is 0 Å². The third kappa shape index (κ3) is 2.47. The van der Waals surface area contributed by atoms with Gasteiger partial charge in [0.2, 0.25) is 0 Å². The molecule has 0 atom stereocenters. The zero-order chi connectivity index (χ0) is 15.7. The fourth-order valence-electron chi connectivity index (χ4n) is 2.44. The summed E-state index contributed by atoms with van der Waals surface area (Å²) >= 11 is 6.13. The smallest absolute Gasteiger partial charge is 0.347 e. The molecule has 0 unspecified atom stereocenters. The monoisotopic (exact) mass is 315 g/mol. The van der Waals surface area contributed by atoms with Crippen LogP contribution in [0.25, 0.3) is 22.1 Å². The molecule has 2 aromatic carbocycles. The van der Waals surface area contributed by atoms with Crippen LogP contribution in [0.5, 0.6) is 5.75 Å². The third-order valence-corrected chi connectivity index (χ3v) is 3.86. The van der Waals surface area contributed by atoms with Crippen molar-refractivity contribution in [2.45, 2.75) is 6.54 Å². The highest BCUT2D eigenvalue weighted by Gasteiger charge is 2.16. The third-order valence-electron chi connectivity index (χ3n) is 3.49. The molecule has 5 heteroatoms. The van der Waals surface area contributed by atoms with E-state index in [9.17, 15) is 9.90 Å². The molecule has 0 spiro atoms. The van der Waals surface area contributed by atoms with Gasteiger partial charge in [-0.25, -0.2) is 4.79 Å². The number of hydrogen-bond donors (Lipinski definition) is 2. The fourth-order valence-corrected chi connectivity index (χ4v) is 2.63. The first-order chi connectivity index (χ1) is 10.6. The number of nitrogens with one attached hydrogen (secondary N) is 1. The Hall–Kier alpha value is -2.30. The number of halogens is 1. The lowest BCUT2D eigenvalue weighted by Crippen LogP contribution is -2.07. The largest absolute Gasteiger partial charge is 0.506 e. The summed E-state index contributed by atoms with van der Waals surface area (Å²) in [6, 6.07) is 12.1. The van der Waals surface area contributed by atoms with Gasteiger partial charge in [-0.2, -0.15) is 0 Å². The van der Waals surface area contributed by atoms with Crippen LogP contribution in [0.4, 0.5) is 0 Å². The van der Waals surface area contributed by atoms with Crippen molar-refractivity contribution in [3.63, 3.8) is 0 Å². The van der Waals surface area contributed by atoms with E-state index in [0.717, 1.165) is 5.56 Å². The zero-order valence-electron chi connectivity index (χ0n) is 11.9. The Balaban J connectivity index is 2.26. The highest BCUT2D eigenvalue weighted by molar-refractivity contribution is 6.31. The number of rotatable bonds is 3. The van der Waals surface area contributed by atoms with E-state index in [1.54, 1.807) is 42.5 Å². The van der Waals surface area contributed by atoms with Gasteiger partial charge >= 0.3 is 5.63 Å². The topological polar surface area (TPSA) is 62.5 Å². The second-order valence-corrected chi connectivity index (χ2v) is 5.35. The van der Waals surface area contributed by atoms with Gasteiger partial charge in [-0.3, -0.25) is 0 Å². The highest BCUT2D eigenvalue weighted by Crippen LogP contribution is 2.34. The van der Waals surface area contributed by atoms with Gasteiger partial charge in [0, 0.05) is 11.6 Å². The Bertz CT molecular complexity index is 902. The number of aromatic hydroxyl groups is 1. The molecule has 2 N–H and O–H groups in total. The number of hydrogen-bond acceptors (Lipinski definition) is 4. The van der Waals surface area contributed by atoms with Crippen LogP contribution in [0, 0.1) is 0 Å². The van der Waals surface area contributed by atoms with Gasteiger partial charge in [-0.15, -0.1) is 0 Å². The maximum Gasteiger partial charge on any atom is 0.347 e. The zero-order valence-corrected chi connectivity index (χ0v) is 12.6. The number of para-hydroxylation sites is 1. The van der Waals surface area contributed by atoms with E-state index < -0.39 is 5.63 Å². The predicted octanol–water partition coefficient (Wildman–Crippen LogP) is 3.54. The summed E-state index contributed by atoms with van der Waals surface area (Å²) in [5.41, 5.74) is 1.35. The fraction of sp³-hybridized carbons (Fsp3) is 0.118. The first-order valence-corrected chi connectivity index (χ1v) is 7.18. The molecule has 0 aliphatic carbocycles. The summed E-state index contributed by atoms with van der Waals surface area (Å²) in [4.78, 5) is 12.2. The molecule has 4 nitrogen and oxygen atoms in total. The van der Waals surface area contributed by atoms with E-state index in [4.69, 9.17) is 16.0 Å². The van der Waals surface area contributed by atoms with Gasteiger partial charge in [0.05, 0.1) is 5.39 Å². The van der Waals surface area contributed by atoms with Crippen LogP contribution in [0.2, 0.25) is 5.02 Å². The summed E-state index contributed by atoms with van der Waals surface area (Å²) in [5, 5.41) is 14.6. The summed E-state index contributed by atoms with van der Waals surface area (Å²) in [5.74, 6) is -0.0791. The van der Waals surface area contributed by atoms with Crippen molar-refractivity contribution in [2.24, 2.45) is 0 Å². The van der Waals surface area contributed by atoms with E-state index in [0.29, 0.717) is 28.1 Å². The van der Waals surface area contributed by atoms with Gasteiger partial charge in [0.1, 0.15) is 16.9 Å². The minimum absolute atomic E-state index is 0.0791. The SMILES string of the molecule is CNCc1cc(-c2c(O)c3ccccc3oc2=O)ccc1Cl. The molecule has 112 valence electrons. The van der Waals surface area contributed by atoms with Gasteiger partial charge in [-0.05, 0) is 42.4 Å². The average Bonchev–Trinajstić information content (AvgIpc) is 2.50. The molecule has 22 heavy (non-hydrogen) atoms. The number of benzene rings is 2. The van der Waals surface area contributed by atoms with Crippen molar-refractivity contribution in [3.05, 3.63) is 63.5 Å². The molecule has 0 saturated heterocycles. The van der Waals surface area contributed by atoms with Crippen LogP contribution in [0.1, 0.15) is 5.56 Å². The highest BCUT2D eigenvalue weighted by atomic mass is 35.5. The molecule has 0 saturated carbocycles. The maximum absolute atomic E-state index is 12.2. The van der Waals surface area contributed by atoms with Crippen LogP contribution in [-0.4, -0.2) is 12.2 Å². The van der Waals surface area contributed by atoms with Crippen molar-refractivity contribution < 1.29 is 9.52 Å². The molecule has 3 aromatic rings. The Kier molecular flexibility index (Phi) is 3.88. The number of fused-ring (bicyclic) bond motifs is 1. The molecule has 0 aliphatic heterocycles. The minimum atomic E-state index is -0.575. The molecule has 0 bridgehead atoms. The summed E-state index contributed by atoms with van der Waals surface area (Å²) in [7, 11) is 1.81. The van der Waals surface area contributed by atoms with Crippen LogP contribution >= 0.6 is 11.6 Å². The van der Waals surface area contributed by atoms with Crippen LogP contribution < -0.4 is 10.9 Å². The quantitative estimate of drug-likeness (QED) is 0.726. The van der Waals surface area contributed by atoms with Gasteiger partial charge in [0.25, 0.3) is 0 Å². The minimum Gasteiger partial charge on any atom is -0.506 e. The van der Waals surface area contributed by atoms with Crippen molar-refractivity contribution in [2.75, 3.05) is 7.05 Å². The van der Waals surface area contributed by atoms with Gasteiger partial charge < -0.3 is 14.8 Å². The molecule has 0 fully saturated rings. The second-order valence-electron chi connectivity index (χ2n) is 4.95. The lowest BCUT2D eigenvalue weighted by atomic mass is 10.0. The molecule has 0 amide bonds. The Morgan fingerprint density at radius 2 is 2.00 bits per heavy atom. The van der Waals surface area contributed by atoms with Gasteiger partial charge in [-0.1, -0.05) is 29.8 Å². The van der Waals surface area contributed by atoms with E-state index in [1.807, 2.05) is 7.05 Å². The van der Waals surface area contributed by atoms with E-state index in [1.165, 1.54) is 0 Å². The van der Waals surface area contributed by atoms with Crippen molar-refractivity contribution in [1.29, 1.82) is 0 Å². The van der Waals surface area contributed by atoms with Crippen molar-refractivity contribution in [1.82, 2.24) is 5.32 Å². The Morgan fingerprint density at radius 3 is 2.77 bits per heavy atom. The van der Waals surface area contributed by atoms with Crippen molar-refractivity contribution >= 4 is 22.6 Å². The van der Waals surface area contributed by atoms with Gasteiger partial charge in [0.15, 0.2) is 0 Å². The second kappa shape index (κ2) is 5.83. The molecular formula is C17H14ClNO3. The van der Waals surface area contributed by atoms with Crippen LogP contribution in [0.15, 0.2) is 51.7 Å². The summed E-state index contributed by atoms with van der Waals surface area (Å²) in [6.45, 7) is 0.562. The van der Waals surface area contributed by atoms with Crippen LogP contribution in [-0.2, 0) is 6.54 Å². The summed E-state index contributed by atoms with van der Waals surface area (Å²) < 4.78 is 5.29. The standard InChI is InChI=1S/C17H14ClNO3/c1-19-9-11-8-10(6-7-13(11)18)15-16(20)12-4-2-3-5-14(12)22-17(15)21/h2-8,19-20H,9H2,1H3. The Labute approximate surface area is 132 Å². The molecule has 0 radical (unpaired) electrons. The molecule has 3 rings (SSSR count). The lowest BCUT2D eigenvalue weighted by Gasteiger charge is -2.09. The van der Waals surface area contributed by atoms with E-state index in [2.05, 4.69) is 5.32 Å². The van der Waals surface area contributed by atoms with E-state index >= 15 is 0 Å². The van der Waals surface area contributed by atoms with Crippen molar-refractivity contribution in [3.8, 4) is 16.9 Å². The first kappa shape index (κ1) is 14.6. The maximum atomic E-state index is 12.2. The van der Waals surface area contributed by atoms with E-state index in [-0.39, 0.29) is 11.3 Å². The molecule has 1 aromatic heterocycles. The predicted molar refractivity (Wildman–Crippen MR) is 87.4 cm³/mol.